The highest BCUT2D eigenvalue weighted by Crippen LogP contribution is 2.35. The number of rotatable bonds is 3. The number of carbonyl (C=O) groups is 3. The topological polar surface area (TPSA) is 75.6 Å². The first-order chi connectivity index (χ1) is 13.5. The summed E-state index contributed by atoms with van der Waals surface area (Å²) in [7, 11) is 0. The van der Waals surface area contributed by atoms with Gasteiger partial charge in [-0.3, -0.25) is 14.4 Å². The summed E-state index contributed by atoms with van der Waals surface area (Å²) in [5.74, 6) is -2.46. The van der Waals surface area contributed by atoms with Crippen LogP contribution in [0.4, 0.5) is 10.1 Å². The van der Waals surface area contributed by atoms with E-state index < -0.39 is 23.5 Å². The van der Waals surface area contributed by atoms with E-state index in [4.69, 9.17) is 0 Å². The van der Waals surface area contributed by atoms with Gasteiger partial charge in [0.25, 0.3) is 11.8 Å². The van der Waals surface area contributed by atoms with Crippen molar-refractivity contribution in [1.29, 1.82) is 0 Å². The molecule has 2 aliphatic rings. The molecule has 0 bridgehead atoms. The number of Topliss-reactive ketones (excluding diaryl/α,β-unsaturated/α-hetero) is 1. The molecule has 2 amide bonds. The second-order valence-electron chi connectivity index (χ2n) is 6.91. The molecule has 140 valence electrons. The van der Waals surface area contributed by atoms with Crippen molar-refractivity contribution in [3.63, 3.8) is 0 Å². The van der Waals surface area contributed by atoms with Crippen molar-refractivity contribution in [2.24, 2.45) is 10.9 Å². The number of dihydropyridines is 1. The first-order valence-electron chi connectivity index (χ1n) is 8.99. The summed E-state index contributed by atoms with van der Waals surface area (Å²) < 4.78 is 13.0. The minimum Gasteiger partial charge on any atom is -0.322 e. The quantitative estimate of drug-likeness (QED) is 0.834. The Morgan fingerprint density at radius 1 is 1.00 bits per heavy atom. The molecule has 0 aromatic heterocycles. The lowest BCUT2D eigenvalue weighted by atomic mass is 9.75. The van der Waals surface area contributed by atoms with E-state index in [9.17, 15) is 18.8 Å². The fraction of sp³-hybridized carbons (Fsp3) is 0.182. The van der Waals surface area contributed by atoms with Crippen LogP contribution in [0.15, 0.2) is 71.2 Å². The number of carbonyl (C=O) groups excluding carboxylic acids is 3. The van der Waals surface area contributed by atoms with Gasteiger partial charge in [0.2, 0.25) is 0 Å². The Morgan fingerprint density at radius 3 is 2.43 bits per heavy atom. The van der Waals surface area contributed by atoms with Crippen molar-refractivity contribution in [1.82, 2.24) is 0 Å². The maximum absolute atomic E-state index is 13.0. The number of anilines is 1. The van der Waals surface area contributed by atoms with Gasteiger partial charge in [-0.2, -0.15) is 0 Å². The minimum atomic E-state index is -0.660. The molecule has 1 heterocycles. The Morgan fingerprint density at radius 2 is 1.71 bits per heavy atom. The van der Waals surface area contributed by atoms with E-state index in [1.165, 1.54) is 30.3 Å². The third-order valence-corrected chi connectivity index (χ3v) is 5.04. The van der Waals surface area contributed by atoms with Crippen LogP contribution in [0.2, 0.25) is 0 Å². The first-order valence-corrected chi connectivity index (χ1v) is 8.99. The number of hydrogen-bond donors (Lipinski definition) is 1. The highest BCUT2D eigenvalue weighted by atomic mass is 19.1. The van der Waals surface area contributed by atoms with Gasteiger partial charge in [0.15, 0.2) is 0 Å². The Bertz CT molecular complexity index is 1010. The number of ketones is 1. The number of benzene rings is 2. The predicted octanol–water partition coefficient (Wildman–Crippen LogP) is 3.43. The highest BCUT2D eigenvalue weighted by molar-refractivity contribution is 6.29. The van der Waals surface area contributed by atoms with Gasteiger partial charge in [-0.15, -0.1) is 0 Å². The first kappa shape index (κ1) is 18.0. The van der Waals surface area contributed by atoms with Crippen molar-refractivity contribution in [2.75, 3.05) is 5.32 Å². The summed E-state index contributed by atoms with van der Waals surface area (Å²) >= 11 is 0. The van der Waals surface area contributed by atoms with E-state index in [1.807, 2.05) is 30.3 Å². The molecule has 28 heavy (non-hydrogen) atoms. The van der Waals surface area contributed by atoms with Crippen LogP contribution in [0, 0.1) is 11.7 Å². The average molecular weight is 376 g/mol. The van der Waals surface area contributed by atoms with Crippen LogP contribution in [0.5, 0.6) is 0 Å². The van der Waals surface area contributed by atoms with Crippen LogP contribution in [-0.4, -0.2) is 23.3 Å². The maximum atomic E-state index is 13.0. The van der Waals surface area contributed by atoms with E-state index in [0.717, 1.165) is 5.56 Å². The van der Waals surface area contributed by atoms with Crippen LogP contribution >= 0.6 is 0 Å². The number of aliphatic imine (C=N–C) groups is 1. The third kappa shape index (κ3) is 3.53. The van der Waals surface area contributed by atoms with Gasteiger partial charge in [-0.25, -0.2) is 9.38 Å². The summed E-state index contributed by atoms with van der Waals surface area (Å²) in [6.45, 7) is 0. The standard InChI is InChI=1S/C22H17FN2O3/c23-15-6-8-16(9-7-15)24-21(27)18-12-17-19(25-22(18)28)10-14(11-20(17)26)13-4-2-1-3-5-13/h1-9,12,14,17H,10-11H2,(H,24,27). The number of halogens is 1. The minimum absolute atomic E-state index is 0.0144. The van der Waals surface area contributed by atoms with Gasteiger partial charge in [-0.05, 0) is 48.2 Å². The molecule has 1 fully saturated rings. The lowest BCUT2D eigenvalue weighted by Gasteiger charge is -2.30. The SMILES string of the molecule is O=C1N=C2CC(c3ccccc3)CC(=O)C2C=C1C(=O)Nc1ccc(F)cc1. The summed E-state index contributed by atoms with van der Waals surface area (Å²) in [5.41, 5.74) is 1.74. The summed E-state index contributed by atoms with van der Waals surface area (Å²) in [6.07, 6.45) is 2.26. The molecule has 2 aromatic rings. The van der Waals surface area contributed by atoms with Gasteiger partial charge < -0.3 is 5.32 Å². The van der Waals surface area contributed by atoms with Crippen LogP contribution < -0.4 is 5.32 Å². The number of fused-ring (bicyclic) bond motifs is 1. The van der Waals surface area contributed by atoms with Crippen molar-refractivity contribution < 1.29 is 18.8 Å². The second kappa shape index (κ2) is 7.31. The highest BCUT2D eigenvalue weighted by Gasteiger charge is 2.38. The molecule has 1 N–H and O–H groups in total. The molecule has 2 aromatic carbocycles. The molecule has 6 heteroatoms. The molecule has 2 atom stereocenters. The van der Waals surface area contributed by atoms with Crippen molar-refractivity contribution in [2.45, 2.75) is 18.8 Å². The zero-order valence-electron chi connectivity index (χ0n) is 14.9. The molecule has 0 radical (unpaired) electrons. The van der Waals surface area contributed by atoms with E-state index in [2.05, 4.69) is 10.3 Å². The largest absolute Gasteiger partial charge is 0.322 e. The molecule has 5 nitrogen and oxygen atoms in total. The van der Waals surface area contributed by atoms with E-state index in [1.54, 1.807) is 0 Å². The zero-order valence-corrected chi connectivity index (χ0v) is 14.9. The Labute approximate surface area is 161 Å². The van der Waals surface area contributed by atoms with E-state index in [0.29, 0.717) is 24.2 Å². The second-order valence-corrected chi connectivity index (χ2v) is 6.91. The van der Waals surface area contributed by atoms with Crippen LogP contribution in [0.3, 0.4) is 0 Å². The summed E-state index contributed by atoms with van der Waals surface area (Å²) in [5, 5.41) is 2.54. The van der Waals surface area contributed by atoms with E-state index in [-0.39, 0.29) is 17.3 Å². The van der Waals surface area contributed by atoms with Gasteiger partial charge in [-0.1, -0.05) is 30.3 Å². The zero-order chi connectivity index (χ0) is 19.7. The smallest absolute Gasteiger partial charge is 0.282 e. The number of allylic oxidation sites excluding steroid dienone is 1. The lowest BCUT2D eigenvalue weighted by molar-refractivity contribution is -0.121. The molecular weight excluding hydrogens is 359 g/mol. The van der Waals surface area contributed by atoms with Crippen molar-refractivity contribution in [3.8, 4) is 0 Å². The fourth-order valence-corrected chi connectivity index (χ4v) is 3.61. The van der Waals surface area contributed by atoms with Crippen LogP contribution in [0.25, 0.3) is 0 Å². The Balaban J connectivity index is 1.53. The summed E-state index contributed by atoms with van der Waals surface area (Å²) in [4.78, 5) is 41.6. The molecule has 2 unspecified atom stereocenters. The van der Waals surface area contributed by atoms with Gasteiger partial charge in [0.1, 0.15) is 17.2 Å². The average Bonchev–Trinajstić information content (AvgIpc) is 2.69. The Hall–Kier alpha value is -3.41. The molecular formula is C22H17FN2O3. The lowest BCUT2D eigenvalue weighted by Crippen LogP contribution is -2.36. The molecule has 4 rings (SSSR count). The Kier molecular flexibility index (Phi) is 4.69. The fourth-order valence-electron chi connectivity index (χ4n) is 3.61. The normalized spacial score (nSPS) is 21.5. The third-order valence-electron chi connectivity index (χ3n) is 5.04. The van der Waals surface area contributed by atoms with Crippen molar-refractivity contribution in [3.05, 3.63) is 77.6 Å². The number of nitrogens with zero attached hydrogens (tertiary/aromatic N) is 1. The maximum Gasteiger partial charge on any atom is 0.282 e. The summed E-state index contributed by atoms with van der Waals surface area (Å²) in [6, 6.07) is 14.9. The molecule has 1 aliphatic heterocycles. The number of amides is 2. The van der Waals surface area contributed by atoms with E-state index >= 15 is 0 Å². The van der Waals surface area contributed by atoms with Crippen LogP contribution in [0.1, 0.15) is 24.3 Å². The molecule has 1 saturated carbocycles. The number of hydrogen-bond acceptors (Lipinski definition) is 3. The van der Waals surface area contributed by atoms with Gasteiger partial charge in [0.05, 0.1) is 5.92 Å². The monoisotopic (exact) mass is 376 g/mol. The molecule has 0 spiro atoms. The van der Waals surface area contributed by atoms with Gasteiger partial charge in [0, 0.05) is 17.8 Å². The molecule has 0 saturated heterocycles. The predicted molar refractivity (Wildman–Crippen MR) is 102 cm³/mol. The van der Waals surface area contributed by atoms with Crippen LogP contribution in [-0.2, 0) is 14.4 Å². The number of nitrogens with one attached hydrogen (secondary N) is 1. The van der Waals surface area contributed by atoms with Gasteiger partial charge >= 0.3 is 0 Å². The molecule has 1 aliphatic carbocycles. The van der Waals surface area contributed by atoms with Crippen molar-refractivity contribution >= 4 is 29.0 Å².